The van der Waals surface area contributed by atoms with Gasteiger partial charge < -0.3 is 10.6 Å². The Labute approximate surface area is 98.7 Å². The van der Waals surface area contributed by atoms with Crippen molar-refractivity contribution >= 4 is 11.5 Å². The van der Waals surface area contributed by atoms with Crippen molar-refractivity contribution in [2.45, 2.75) is 40.7 Å². The first kappa shape index (κ1) is 12.8. The molecule has 0 radical (unpaired) electrons. The average molecular weight is 221 g/mol. The van der Waals surface area contributed by atoms with Crippen LogP contribution < -0.4 is 10.6 Å². The quantitative estimate of drug-likeness (QED) is 0.835. The Bertz CT molecular complexity index is 366. The fraction of sp³-hybridized carbons (Fsp3) is 0.615. The summed E-state index contributed by atoms with van der Waals surface area (Å²) < 4.78 is 0. The topological polar surface area (TPSA) is 42.2 Å². The highest BCUT2D eigenvalue weighted by molar-refractivity contribution is 5.66. The van der Waals surface area contributed by atoms with Gasteiger partial charge in [0.2, 0.25) is 0 Å². The fourth-order valence-electron chi connectivity index (χ4n) is 1.60. The maximum absolute atomic E-state index is 6.06. The second kappa shape index (κ2) is 4.32. The molecule has 0 amide bonds. The maximum Gasteiger partial charge on any atom is 0.152 e. The lowest BCUT2D eigenvalue weighted by Gasteiger charge is -2.36. The Kier molecular flexibility index (Phi) is 3.46. The summed E-state index contributed by atoms with van der Waals surface area (Å²) in [6.45, 7) is 10.9. The zero-order valence-electron chi connectivity index (χ0n) is 11.2. The summed E-state index contributed by atoms with van der Waals surface area (Å²) in [4.78, 5) is 6.53. The number of anilines is 2. The van der Waals surface area contributed by atoms with E-state index in [0.29, 0.717) is 6.04 Å². The molecular weight excluding hydrogens is 198 g/mol. The van der Waals surface area contributed by atoms with Gasteiger partial charge in [-0.3, -0.25) is 0 Å². The molecule has 0 spiro atoms. The molecule has 0 saturated heterocycles. The summed E-state index contributed by atoms with van der Waals surface area (Å²) in [5.74, 6) is 0.877. The summed E-state index contributed by atoms with van der Waals surface area (Å²) in [5.41, 5.74) is 8.12. The highest BCUT2D eigenvalue weighted by Gasteiger charge is 2.25. The molecule has 0 bridgehead atoms. The van der Waals surface area contributed by atoms with Crippen LogP contribution in [0.25, 0.3) is 0 Å². The average Bonchev–Trinajstić information content (AvgIpc) is 2.18. The Morgan fingerprint density at radius 1 is 1.38 bits per heavy atom. The molecule has 2 N–H and O–H groups in total. The third-order valence-corrected chi connectivity index (χ3v) is 3.36. The molecular formula is C13H23N3. The first-order valence-corrected chi connectivity index (χ1v) is 5.69. The number of aromatic nitrogens is 1. The van der Waals surface area contributed by atoms with Gasteiger partial charge in [-0.2, -0.15) is 0 Å². The molecule has 0 fully saturated rings. The molecule has 1 rings (SSSR count). The van der Waals surface area contributed by atoms with Crippen LogP contribution in [0, 0.1) is 12.3 Å². The summed E-state index contributed by atoms with van der Waals surface area (Å²) in [5, 5.41) is 0. The minimum atomic E-state index is 0.201. The number of hydrogen-bond acceptors (Lipinski definition) is 3. The van der Waals surface area contributed by atoms with Crippen molar-refractivity contribution in [3.8, 4) is 0 Å². The van der Waals surface area contributed by atoms with Crippen LogP contribution in [0.3, 0.4) is 0 Å². The van der Waals surface area contributed by atoms with Crippen molar-refractivity contribution in [2.75, 3.05) is 17.7 Å². The molecule has 0 aromatic carbocycles. The number of nitrogen functional groups attached to an aromatic ring is 1. The lowest BCUT2D eigenvalue weighted by molar-refractivity contribution is 0.329. The van der Waals surface area contributed by atoms with E-state index in [1.165, 1.54) is 0 Å². The molecule has 0 aliphatic carbocycles. The molecule has 90 valence electrons. The van der Waals surface area contributed by atoms with Gasteiger partial charge in [-0.15, -0.1) is 0 Å². The largest absolute Gasteiger partial charge is 0.396 e. The summed E-state index contributed by atoms with van der Waals surface area (Å²) >= 11 is 0. The van der Waals surface area contributed by atoms with Gasteiger partial charge in [-0.05, 0) is 30.9 Å². The van der Waals surface area contributed by atoms with Crippen LogP contribution >= 0.6 is 0 Å². The van der Waals surface area contributed by atoms with Crippen molar-refractivity contribution < 1.29 is 0 Å². The van der Waals surface area contributed by atoms with E-state index in [0.717, 1.165) is 17.1 Å². The lowest BCUT2D eigenvalue weighted by Crippen LogP contribution is -2.40. The maximum atomic E-state index is 6.06. The predicted molar refractivity (Wildman–Crippen MR) is 70.7 cm³/mol. The molecule has 1 aromatic rings. The van der Waals surface area contributed by atoms with E-state index < -0.39 is 0 Å². The second-order valence-electron chi connectivity index (χ2n) is 5.52. The van der Waals surface area contributed by atoms with Crippen LogP contribution in [-0.2, 0) is 0 Å². The number of pyridine rings is 1. The number of aryl methyl sites for hydroxylation is 1. The third-order valence-electron chi connectivity index (χ3n) is 3.36. The Morgan fingerprint density at radius 2 is 1.94 bits per heavy atom. The van der Waals surface area contributed by atoms with Crippen molar-refractivity contribution in [1.82, 2.24) is 4.98 Å². The molecule has 1 aromatic heterocycles. The Morgan fingerprint density at radius 3 is 2.44 bits per heavy atom. The van der Waals surface area contributed by atoms with E-state index in [1.54, 1.807) is 0 Å². The SMILES string of the molecule is Cc1ccnc(N(C)C(C)C(C)(C)C)c1N. The third kappa shape index (κ3) is 2.46. The molecule has 3 nitrogen and oxygen atoms in total. The highest BCUT2D eigenvalue weighted by atomic mass is 15.2. The van der Waals surface area contributed by atoms with Gasteiger partial charge in [0.25, 0.3) is 0 Å². The number of rotatable bonds is 2. The summed E-state index contributed by atoms with van der Waals surface area (Å²) in [6, 6.07) is 2.32. The van der Waals surface area contributed by atoms with Gasteiger partial charge in [0, 0.05) is 19.3 Å². The molecule has 3 heteroatoms. The number of hydrogen-bond donors (Lipinski definition) is 1. The van der Waals surface area contributed by atoms with Gasteiger partial charge in [0.15, 0.2) is 5.82 Å². The number of nitrogens with two attached hydrogens (primary N) is 1. The van der Waals surface area contributed by atoms with Gasteiger partial charge >= 0.3 is 0 Å². The van der Waals surface area contributed by atoms with Gasteiger partial charge in [0.05, 0.1) is 5.69 Å². The molecule has 0 saturated carbocycles. The highest BCUT2D eigenvalue weighted by Crippen LogP contribution is 2.30. The van der Waals surface area contributed by atoms with Crippen molar-refractivity contribution in [1.29, 1.82) is 0 Å². The molecule has 1 unspecified atom stereocenters. The van der Waals surface area contributed by atoms with E-state index >= 15 is 0 Å². The van der Waals surface area contributed by atoms with Crippen molar-refractivity contribution in [3.05, 3.63) is 17.8 Å². The minimum absolute atomic E-state index is 0.201. The predicted octanol–water partition coefficient (Wildman–Crippen LogP) is 2.84. The van der Waals surface area contributed by atoms with Crippen molar-refractivity contribution in [3.63, 3.8) is 0 Å². The second-order valence-corrected chi connectivity index (χ2v) is 5.52. The molecule has 0 aliphatic heterocycles. The van der Waals surface area contributed by atoms with Crippen molar-refractivity contribution in [2.24, 2.45) is 5.41 Å². The van der Waals surface area contributed by atoms with E-state index in [9.17, 15) is 0 Å². The van der Waals surface area contributed by atoms with Crippen LogP contribution in [-0.4, -0.2) is 18.1 Å². The van der Waals surface area contributed by atoms with Gasteiger partial charge in [0.1, 0.15) is 0 Å². The van der Waals surface area contributed by atoms with Gasteiger partial charge in [-0.25, -0.2) is 4.98 Å². The minimum Gasteiger partial charge on any atom is -0.396 e. The van der Waals surface area contributed by atoms with Crippen LogP contribution in [0.5, 0.6) is 0 Å². The molecule has 16 heavy (non-hydrogen) atoms. The first-order valence-electron chi connectivity index (χ1n) is 5.69. The molecule has 0 aliphatic rings. The van der Waals surface area contributed by atoms with Gasteiger partial charge in [-0.1, -0.05) is 20.8 Å². The zero-order valence-corrected chi connectivity index (χ0v) is 11.2. The van der Waals surface area contributed by atoms with Crippen LogP contribution in [0.4, 0.5) is 11.5 Å². The zero-order chi connectivity index (χ0) is 12.5. The van der Waals surface area contributed by atoms with E-state index in [-0.39, 0.29) is 5.41 Å². The van der Waals surface area contributed by atoms with E-state index in [4.69, 9.17) is 5.73 Å². The standard InChI is InChI=1S/C13H23N3/c1-9-7-8-15-12(11(9)14)16(6)10(2)13(3,4)5/h7-8,10H,14H2,1-6H3. The number of nitrogens with zero attached hydrogens (tertiary/aromatic N) is 2. The Hall–Kier alpha value is -1.25. The van der Waals surface area contributed by atoms with Crippen LogP contribution in [0.2, 0.25) is 0 Å². The van der Waals surface area contributed by atoms with Crippen LogP contribution in [0.1, 0.15) is 33.3 Å². The molecule has 1 atom stereocenters. The van der Waals surface area contributed by atoms with E-state index in [2.05, 4.69) is 37.6 Å². The summed E-state index contributed by atoms with van der Waals surface area (Å²) in [6.07, 6.45) is 1.81. The molecule has 1 heterocycles. The van der Waals surface area contributed by atoms with E-state index in [1.807, 2.05) is 26.2 Å². The first-order chi connectivity index (χ1) is 7.25. The lowest BCUT2D eigenvalue weighted by atomic mass is 9.87. The smallest absolute Gasteiger partial charge is 0.152 e. The van der Waals surface area contributed by atoms with Crippen LogP contribution in [0.15, 0.2) is 12.3 Å². The normalized spacial score (nSPS) is 13.6. The summed E-state index contributed by atoms with van der Waals surface area (Å²) in [7, 11) is 2.05. The Balaban J connectivity index is 3.06. The fourth-order valence-corrected chi connectivity index (χ4v) is 1.60. The monoisotopic (exact) mass is 221 g/mol.